The second-order valence-electron chi connectivity index (χ2n) is 4.46. The van der Waals surface area contributed by atoms with Crippen LogP contribution in [-0.2, 0) is 6.42 Å². The first kappa shape index (κ1) is 15.6. The second kappa shape index (κ2) is 7.82. The van der Waals surface area contributed by atoms with Gasteiger partial charge >= 0.3 is 0 Å². The fraction of sp³-hybridized carbons (Fsp3) is 0.538. The molecule has 0 amide bonds. The van der Waals surface area contributed by atoms with Crippen molar-refractivity contribution in [3.63, 3.8) is 0 Å². The lowest BCUT2D eigenvalue weighted by atomic mass is 10.4. The highest BCUT2D eigenvalue weighted by molar-refractivity contribution is 7.98. The molecule has 0 saturated carbocycles. The molecule has 2 aromatic heterocycles. The molecule has 114 valence electrons. The van der Waals surface area contributed by atoms with Crippen molar-refractivity contribution < 1.29 is 4.52 Å². The molecule has 0 bridgehead atoms. The number of nitrogens with one attached hydrogen (secondary N) is 2. The molecular weight excluding hydrogens is 288 g/mol. The average molecular weight is 308 g/mol. The molecule has 2 rings (SSSR count). The van der Waals surface area contributed by atoms with E-state index in [2.05, 4.69) is 37.7 Å². The Kier molecular flexibility index (Phi) is 5.79. The van der Waals surface area contributed by atoms with Crippen LogP contribution < -0.4 is 10.6 Å². The molecule has 21 heavy (non-hydrogen) atoms. The van der Waals surface area contributed by atoms with E-state index in [1.165, 1.54) is 11.8 Å². The normalized spacial score (nSPS) is 10.6. The molecule has 8 heteroatoms. The molecule has 0 radical (unpaired) electrons. The molecule has 0 aliphatic heterocycles. The Hall–Kier alpha value is -1.83. The smallest absolute Gasteiger partial charge is 0.228 e. The number of thioether (sulfide) groups is 1. The van der Waals surface area contributed by atoms with E-state index in [1.807, 2.05) is 12.3 Å². The van der Waals surface area contributed by atoms with Gasteiger partial charge in [-0.3, -0.25) is 0 Å². The molecule has 2 N–H and O–H groups in total. The molecule has 2 aromatic rings. The summed E-state index contributed by atoms with van der Waals surface area (Å²) in [5.41, 5.74) is 0. The monoisotopic (exact) mass is 308 g/mol. The number of aryl methyl sites for hydroxylation is 1. The minimum atomic E-state index is 0.628. The van der Waals surface area contributed by atoms with Crippen LogP contribution in [0.4, 0.5) is 11.6 Å². The summed E-state index contributed by atoms with van der Waals surface area (Å²) >= 11 is 1.52. The number of hydrogen-bond donors (Lipinski definition) is 2. The van der Waals surface area contributed by atoms with Crippen LogP contribution in [0.25, 0.3) is 0 Å². The van der Waals surface area contributed by atoms with E-state index < -0.39 is 0 Å². The maximum absolute atomic E-state index is 5.07. The van der Waals surface area contributed by atoms with Crippen LogP contribution in [0.3, 0.4) is 0 Å². The first-order chi connectivity index (χ1) is 10.2. The third-order valence-electron chi connectivity index (χ3n) is 2.66. The standard InChI is InChI=1S/C13H20N6OS/c1-4-6-14-10-8-11(18-13(17-10)21-3)15-7-5-12-16-9(2)19-20-12/h8H,4-7H2,1-3H3,(H2,14,15,17,18). The Labute approximate surface area is 128 Å². The summed E-state index contributed by atoms with van der Waals surface area (Å²) in [6.07, 6.45) is 3.68. The van der Waals surface area contributed by atoms with E-state index in [4.69, 9.17) is 4.52 Å². The lowest BCUT2D eigenvalue weighted by Gasteiger charge is -2.09. The fourth-order valence-corrected chi connectivity index (χ4v) is 2.07. The van der Waals surface area contributed by atoms with Gasteiger partial charge in [0.1, 0.15) is 11.6 Å². The maximum Gasteiger partial charge on any atom is 0.228 e. The second-order valence-corrected chi connectivity index (χ2v) is 5.24. The van der Waals surface area contributed by atoms with Crippen LogP contribution >= 0.6 is 11.8 Å². The van der Waals surface area contributed by atoms with Crippen molar-refractivity contribution in [2.45, 2.75) is 31.8 Å². The topological polar surface area (TPSA) is 88.8 Å². The first-order valence-electron chi connectivity index (χ1n) is 6.91. The van der Waals surface area contributed by atoms with Gasteiger partial charge in [0.25, 0.3) is 0 Å². The van der Waals surface area contributed by atoms with Crippen LogP contribution in [0, 0.1) is 6.92 Å². The van der Waals surface area contributed by atoms with Crippen molar-refractivity contribution in [3.8, 4) is 0 Å². The van der Waals surface area contributed by atoms with Crippen LogP contribution in [0.1, 0.15) is 25.1 Å². The van der Waals surface area contributed by atoms with E-state index in [0.29, 0.717) is 24.7 Å². The molecule has 0 fully saturated rings. The van der Waals surface area contributed by atoms with Gasteiger partial charge in [-0.25, -0.2) is 9.97 Å². The largest absolute Gasteiger partial charge is 0.370 e. The molecule has 0 unspecified atom stereocenters. The van der Waals surface area contributed by atoms with Crippen molar-refractivity contribution in [1.29, 1.82) is 0 Å². The van der Waals surface area contributed by atoms with E-state index in [1.54, 1.807) is 6.92 Å². The first-order valence-corrected chi connectivity index (χ1v) is 8.13. The van der Waals surface area contributed by atoms with Crippen molar-refractivity contribution >= 4 is 23.4 Å². The molecule has 0 aliphatic rings. The fourth-order valence-electron chi connectivity index (χ4n) is 1.69. The highest BCUT2D eigenvalue weighted by atomic mass is 32.2. The minimum Gasteiger partial charge on any atom is -0.370 e. The maximum atomic E-state index is 5.07. The van der Waals surface area contributed by atoms with Gasteiger partial charge in [-0.1, -0.05) is 23.8 Å². The van der Waals surface area contributed by atoms with Crippen LogP contribution in [-0.4, -0.2) is 39.5 Å². The van der Waals surface area contributed by atoms with E-state index in [-0.39, 0.29) is 0 Å². The van der Waals surface area contributed by atoms with Gasteiger partial charge in [-0.2, -0.15) is 4.98 Å². The van der Waals surface area contributed by atoms with Gasteiger partial charge in [0.2, 0.25) is 5.89 Å². The van der Waals surface area contributed by atoms with E-state index in [0.717, 1.165) is 29.8 Å². The molecule has 7 nitrogen and oxygen atoms in total. The molecule has 0 saturated heterocycles. The van der Waals surface area contributed by atoms with Gasteiger partial charge in [0.05, 0.1) is 0 Å². The number of hydrogen-bond acceptors (Lipinski definition) is 8. The summed E-state index contributed by atoms with van der Waals surface area (Å²) in [5, 5.41) is 11.0. The number of nitrogens with zero attached hydrogens (tertiary/aromatic N) is 4. The quantitative estimate of drug-likeness (QED) is 0.567. The number of rotatable bonds is 8. The molecule has 0 spiro atoms. The Morgan fingerprint density at radius 2 is 1.86 bits per heavy atom. The molecule has 0 aliphatic carbocycles. The van der Waals surface area contributed by atoms with Crippen molar-refractivity contribution in [2.24, 2.45) is 0 Å². The Bertz CT molecular complexity index is 574. The zero-order valence-electron chi connectivity index (χ0n) is 12.5. The number of anilines is 2. The summed E-state index contributed by atoms with van der Waals surface area (Å²) in [6.45, 7) is 5.50. The average Bonchev–Trinajstić information content (AvgIpc) is 2.90. The third-order valence-corrected chi connectivity index (χ3v) is 3.21. The predicted octanol–water partition coefficient (Wildman–Crippen LogP) is 2.37. The zero-order valence-corrected chi connectivity index (χ0v) is 13.3. The van der Waals surface area contributed by atoms with Crippen molar-refractivity contribution in [1.82, 2.24) is 20.1 Å². The minimum absolute atomic E-state index is 0.628. The summed E-state index contributed by atoms with van der Waals surface area (Å²) in [6, 6.07) is 1.91. The zero-order chi connectivity index (χ0) is 15.1. The lowest BCUT2D eigenvalue weighted by Crippen LogP contribution is -2.09. The van der Waals surface area contributed by atoms with E-state index >= 15 is 0 Å². The highest BCUT2D eigenvalue weighted by Crippen LogP contribution is 2.17. The van der Waals surface area contributed by atoms with Crippen LogP contribution in [0.2, 0.25) is 0 Å². The third kappa shape index (κ3) is 4.89. The SMILES string of the molecule is CCCNc1cc(NCCc2nc(C)no2)nc(SC)n1. The molecule has 0 atom stereocenters. The summed E-state index contributed by atoms with van der Waals surface area (Å²) in [4.78, 5) is 13.0. The van der Waals surface area contributed by atoms with Gasteiger partial charge < -0.3 is 15.2 Å². The van der Waals surface area contributed by atoms with Gasteiger partial charge in [0, 0.05) is 25.6 Å². The Morgan fingerprint density at radius 1 is 1.14 bits per heavy atom. The predicted molar refractivity (Wildman–Crippen MR) is 83.8 cm³/mol. The van der Waals surface area contributed by atoms with E-state index in [9.17, 15) is 0 Å². The highest BCUT2D eigenvalue weighted by Gasteiger charge is 2.05. The molecule has 0 aromatic carbocycles. The molecular formula is C13H20N6OS. The van der Waals surface area contributed by atoms with Crippen molar-refractivity contribution in [3.05, 3.63) is 17.8 Å². The Morgan fingerprint density at radius 3 is 2.43 bits per heavy atom. The molecule has 2 heterocycles. The van der Waals surface area contributed by atoms with Crippen molar-refractivity contribution in [2.75, 3.05) is 30.0 Å². The van der Waals surface area contributed by atoms with Crippen LogP contribution in [0.5, 0.6) is 0 Å². The summed E-state index contributed by atoms with van der Waals surface area (Å²) in [7, 11) is 0. The summed E-state index contributed by atoms with van der Waals surface area (Å²) < 4.78 is 5.07. The van der Waals surface area contributed by atoms with Gasteiger partial charge in [-0.15, -0.1) is 0 Å². The lowest BCUT2D eigenvalue weighted by molar-refractivity contribution is 0.377. The van der Waals surface area contributed by atoms with Gasteiger partial charge in [-0.05, 0) is 19.6 Å². The number of aromatic nitrogens is 4. The summed E-state index contributed by atoms with van der Waals surface area (Å²) in [5.74, 6) is 2.92. The van der Waals surface area contributed by atoms with Gasteiger partial charge in [0.15, 0.2) is 11.0 Å². The Balaban J connectivity index is 1.94. The van der Waals surface area contributed by atoms with Crippen LogP contribution in [0.15, 0.2) is 15.7 Å².